The number of hydrogen-bond donors (Lipinski definition) is 0. The maximum Gasteiger partial charge on any atom is 0.410 e. The minimum atomic E-state index is -0.888. The maximum absolute atomic E-state index is 14.1. The van der Waals surface area contributed by atoms with Crippen molar-refractivity contribution in [2.24, 2.45) is 5.41 Å². The Labute approximate surface area is 274 Å². The number of aromatic nitrogens is 2. The summed E-state index contributed by atoms with van der Waals surface area (Å²) < 4.78 is 7.56. The Morgan fingerprint density at radius 2 is 1.38 bits per heavy atom. The van der Waals surface area contributed by atoms with Crippen LogP contribution in [0.4, 0.5) is 10.5 Å². The number of rotatable bonds is 5. The number of carbonyl (C=O) groups is 2. The first-order valence-corrected chi connectivity index (χ1v) is 16.1. The molecule has 0 saturated carbocycles. The standard InChI is InChI=1S/C39H37N5O3/c1-37(2,3)47-36(46)42-23-21-38(27-42)22-24-43(35(38)45)31-19-20-34-32(25-31)33(26-40)41-44(34)39(28-13-7-4-8-14-28,29-15-9-5-10-16-29)30-17-11-6-12-18-30/h4-20,25H,21-24,27H2,1-3H3. The molecule has 3 heterocycles. The van der Waals surface area contributed by atoms with Gasteiger partial charge in [-0.3, -0.25) is 4.79 Å². The summed E-state index contributed by atoms with van der Waals surface area (Å²) in [5, 5.41) is 16.1. The summed E-state index contributed by atoms with van der Waals surface area (Å²) in [4.78, 5) is 30.3. The molecule has 1 aromatic heterocycles. The van der Waals surface area contributed by atoms with Crippen LogP contribution in [-0.4, -0.2) is 51.9 Å². The van der Waals surface area contributed by atoms with E-state index in [1.165, 1.54) is 0 Å². The molecule has 5 aromatic rings. The van der Waals surface area contributed by atoms with Crippen LogP contribution < -0.4 is 4.90 Å². The van der Waals surface area contributed by atoms with Crippen LogP contribution in [0.1, 0.15) is 56.0 Å². The first-order valence-electron chi connectivity index (χ1n) is 16.1. The van der Waals surface area contributed by atoms with Crippen LogP contribution >= 0.6 is 0 Å². The molecule has 0 radical (unpaired) electrons. The Hall–Kier alpha value is -5.42. The van der Waals surface area contributed by atoms with E-state index in [9.17, 15) is 14.9 Å². The lowest BCUT2D eigenvalue weighted by molar-refractivity contribution is -0.124. The van der Waals surface area contributed by atoms with E-state index in [2.05, 4.69) is 42.5 Å². The van der Waals surface area contributed by atoms with Crippen molar-refractivity contribution in [3.8, 4) is 6.07 Å². The fourth-order valence-electron chi connectivity index (χ4n) is 7.32. The van der Waals surface area contributed by atoms with Gasteiger partial charge in [0.05, 0.1) is 10.9 Å². The predicted molar refractivity (Wildman–Crippen MR) is 181 cm³/mol. The van der Waals surface area contributed by atoms with Gasteiger partial charge in [-0.2, -0.15) is 10.4 Å². The van der Waals surface area contributed by atoms with Gasteiger partial charge in [-0.05, 0) is 68.5 Å². The lowest BCUT2D eigenvalue weighted by atomic mass is 9.77. The average molecular weight is 624 g/mol. The van der Waals surface area contributed by atoms with E-state index in [0.717, 1.165) is 27.9 Å². The summed E-state index contributed by atoms with van der Waals surface area (Å²) in [5.74, 6) is 0.000937. The van der Waals surface area contributed by atoms with Crippen molar-refractivity contribution in [2.75, 3.05) is 24.5 Å². The topological polar surface area (TPSA) is 91.5 Å². The highest BCUT2D eigenvalue weighted by molar-refractivity contribution is 6.02. The highest BCUT2D eigenvalue weighted by atomic mass is 16.6. The van der Waals surface area contributed by atoms with E-state index in [-0.39, 0.29) is 17.7 Å². The maximum atomic E-state index is 14.1. The van der Waals surface area contributed by atoms with Gasteiger partial charge in [0.2, 0.25) is 5.91 Å². The Balaban J connectivity index is 1.32. The fourth-order valence-corrected chi connectivity index (χ4v) is 7.32. The van der Waals surface area contributed by atoms with Crippen LogP contribution in [-0.2, 0) is 15.1 Å². The van der Waals surface area contributed by atoms with Gasteiger partial charge in [0.15, 0.2) is 5.69 Å². The van der Waals surface area contributed by atoms with E-state index in [0.29, 0.717) is 37.9 Å². The number of likely N-dealkylation sites (tertiary alicyclic amines) is 1. The van der Waals surface area contributed by atoms with Gasteiger partial charge in [-0.25, -0.2) is 9.48 Å². The van der Waals surface area contributed by atoms with E-state index in [4.69, 9.17) is 9.84 Å². The molecule has 4 aromatic carbocycles. The van der Waals surface area contributed by atoms with Crippen molar-refractivity contribution in [3.05, 3.63) is 132 Å². The molecule has 47 heavy (non-hydrogen) atoms. The quantitative estimate of drug-likeness (QED) is 0.195. The molecule has 0 bridgehead atoms. The summed E-state index contributed by atoms with van der Waals surface area (Å²) in [6.45, 7) is 6.89. The molecule has 2 aliphatic heterocycles. The first kappa shape index (κ1) is 30.2. The van der Waals surface area contributed by atoms with Gasteiger partial charge >= 0.3 is 6.09 Å². The number of amides is 2. The number of fused-ring (bicyclic) bond motifs is 1. The number of nitriles is 1. The van der Waals surface area contributed by atoms with Crippen LogP contribution in [0.3, 0.4) is 0 Å². The zero-order valence-electron chi connectivity index (χ0n) is 26.9. The normalized spacial score (nSPS) is 18.2. The fraction of sp³-hybridized carbons (Fsp3) is 0.282. The molecule has 7 rings (SSSR count). The van der Waals surface area contributed by atoms with E-state index in [1.54, 1.807) is 9.80 Å². The monoisotopic (exact) mass is 623 g/mol. The Kier molecular flexibility index (Phi) is 7.35. The molecule has 2 saturated heterocycles. The Bertz CT molecular complexity index is 1900. The molecular formula is C39H37N5O3. The van der Waals surface area contributed by atoms with E-state index >= 15 is 0 Å². The van der Waals surface area contributed by atoms with E-state index < -0.39 is 16.6 Å². The van der Waals surface area contributed by atoms with E-state index in [1.807, 2.05) is 98.2 Å². The summed E-state index contributed by atoms with van der Waals surface area (Å²) in [6, 6.07) is 38.9. The molecule has 236 valence electrons. The van der Waals surface area contributed by atoms with Crippen LogP contribution in [0.25, 0.3) is 10.9 Å². The third-order valence-corrected chi connectivity index (χ3v) is 9.49. The number of carbonyl (C=O) groups excluding carboxylic acids is 2. The second-order valence-electron chi connectivity index (χ2n) is 13.5. The molecule has 0 N–H and O–H groups in total. The summed E-state index contributed by atoms with van der Waals surface area (Å²) in [7, 11) is 0. The molecule has 2 fully saturated rings. The van der Waals surface area contributed by atoms with Crippen molar-refractivity contribution in [3.63, 3.8) is 0 Å². The summed E-state index contributed by atoms with van der Waals surface area (Å²) in [5.41, 5.74) is 2.66. The molecule has 1 atom stereocenters. The Morgan fingerprint density at radius 3 is 1.91 bits per heavy atom. The van der Waals surface area contributed by atoms with Crippen molar-refractivity contribution < 1.29 is 14.3 Å². The molecular weight excluding hydrogens is 586 g/mol. The minimum absolute atomic E-state index is 0.000937. The van der Waals surface area contributed by atoms with Gasteiger partial charge in [-0.1, -0.05) is 91.0 Å². The van der Waals surface area contributed by atoms with Crippen LogP contribution in [0.15, 0.2) is 109 Å². The van der Waals surface area contributed by atoms with Crippen LogP contribution in [0.2, 0.25) is 0 Å². The van der Waals surface area contributed by atoms with Gasteiger partial charge in [0.1, 0.15) is 17.2 Å². The van der Waals surface area contributed by atoms with Crippen molar-refractivity contribution in [2.45, 2.75) is 44.8 Å². The van der Waals surface area contributed by atoms with Gasteiger partial charge in [0, 0.05) is 30.7 Å². The summed E-state index contributed by atoms with van der Waals surface area (Å²) in [6.07, 6.45) is 0.859. The van der Waals surface area contributed by atoms with Crippen molar-refractivity contribution >= 4 is 28.6 Å². The first-order chi connectivity index (χ1) is 22.7. The number of hydrogen-bond acceptors (Lipinski definition) is 5. The second kappa shape index (κ2) is 11.4. The summed E-state index contributed by atoms with van der Waals surface area (Å²) >= 11 is 0. The number of nitrogens with zero attached hydrogens (tertiary/aromatic N) is 5. The second-order valence-corrected chi connectivity index (χ2v) is 13.5. The lowest BCUT2D eigenvalue weighted by Crippen LogP contribution is -2.40. The Morgan fingerprint density at radius 1 is 0.830 bits per heavy atom. The lowest BCUT2D eigenvalue weighted by Gasteiger charge is -2.37. The van der Waals surface area contributed by atoms with Gasteiger partial charge in [-0.15, -0.1) is 0 Å². The minimum Gasteiger partial charge on any atom is -0.444 e. The molecule has 1 unspecified atom stereocenters. The zero-order valence-corrected chi connectivity index (χ0v) is 26.9. The largest absolute Gasteiger partial charge is 0.444 e. The smallest absolute Gasteiger partial charge is 0.410 e. The van der Waals surface area contributed by atoms with Gasteiger partial charge in [0.25, 0.3) is 0 Å². The SMILES string of the molecule is CC(C)(C)OC(=O)N1CCC2(CCN(c3ccc4c(c3)c(C#N)nn4C(c3ccccc3)(c3ccccc3)c3ccccc3)C2=O)C1. The van der Waals surface area contributed by atoms with Gasteiger partial charge < -0.3 is 14.5 Å². The number of benzene rings is 4. The molecule has 8 nitrogen and oxygen atoms in total. The molecule has 8 heteroatoms. The third-order valence-electron chi connectivity index (χ3n) is 9.49. The average Bonchev–Trinajstić information content (AvgIpc) is 3.78. The van der Waals surface area contributed by atoms with Crippen LogP contribution in [0, 0.1) is 16.7 Å². The predicted octanol–water partition coefficient (Wildman–Crippen LogP) is 7.11. The molecule has 1 spiro atoms. The van der Waals surface area contributed by atoms with Crippen molar-refractivity contribution in [1.29, 1.82) is 5.26 Å². The zero-order chi connectivity index (χ0) is 32.8. The molecule has 2 amide bonds. The highest BCUT2D eigenvalue weighted by Crippen LogP contribution is 2.45. The highest BCUT2D eigenvalue weighted by Gasteiger charge is 2.52. The third kappa shape index (κ3) is 5.03. The molecule has 0 aliphatic carbocycles. The number of ether oxygens (including phenoxy) is 1. The van der Waals surface area contributed by atoms with Crippen molar-refractivity contribution in [1.82, 2.24) is 14.7 Å². The number of anilines is 1. The molecule has 2 aliphatic rings. The van der Waals surface area contributed by atoms with Crippen LogP contribution in [0.5, 0.6) is 0 Å².